The summed E-state index contributed by atoms with van der Waals surface area (Å²) in [5.41, 5.74) is 3.82. The molecule has 1 saturated carbocycles. The molecule has 39 heavy (non-hydrogen) atoms. The second kappa shape index (κ2) is 9.78. The second-order valence-electron chi connectivity index (χ2n) is 9.41. The van der Waals surface area contributed by atoms with Gasteiger partial charge < -0.3 is 5.11 Å². The molecule has 0 radical (unpaired) electrons. The van der Waals surface area contributed by atoms with Crippen molar-refractivity contribution in [3.63, 3.8) is 0 Å². The van der Waals surface area contributed by atoms with E-state index >= 15 is 0 Å². The van der Waals surface area contributed by atoms with E-state index in [-0.39, 0.29) is 22.5 Å². The van der Waals surface area contributed by atoms with E-state index in [9.17, 15) is 18.3 Å². The number of hydrogen-bond acceptors (Lipinski definition) is 5. The maximum absolute atomic E-state index is 14.3. The number of thiophene rings is 1. The van der Waals surface area contributed by atoms with Crippen LogP contribution in [0.3, 0.4) is 0 Å². The third kappa shape index (κ3) is 4.28. The van der Waals surface area contributed by atoms with Gasteiger partial charge in [-0.25, -0.2) is 17.2 Å². The molecule has 0 amide bonds. The number of aromatic nitrogens is 1. The van der Waals surface area contributed by atoms with E-state index in [1.807, 2.05) is 47.8 Å². The Kier molecular flexibility index (Phi) is 6.40. The number of carbonyl (C=O) groups is 1. The summed E-state index contributed by atoms with van der Waals surface area (Å²) in [6.07, 6.45) is 0.647. The molecule has 6 nitrogen and oxygen atoms in total. The molecule has 194 valence electrons. The van der Waals surface area contributed by atoms with Crippen molar-refractivity contribution in [1.29, 1.82) is 0 Å². The van der Waals surface area contributed by atoms with Crippen molar-refractivity contribution in [2.24, 2.45) is 5.92 Å². The van der Waals surface area contributed by atoms with Gasteiger partial charge in [-0.3, -0.25) is 4.79 Å². The highest BCUT2D eigenvalue weighted by Crippen LogP contribution is 2.51. The molecule has 0 saturated heterocycles. The van der Waals surface area contributed by atoms with Crippen LogP contribution in [0, 0.1) is 12.5 Å². The lowest BCUT2D eigenvalue weighted by atomic mass is 9.97. The van der Waals surface area contributed by atoms with Crippen molar-refractivity contribution < 1.29 is 18.3 Å². The maximum Gasteiger partial charge on any atom is 0.268 e. The third-order valence-electron chi connectivity index (χ3n) is 7.15. The number of aliphatic hydroxyl groups excluding tert-OH is 1. The van der Waals surface area contributed by atoms with Gasteiger partial charge in [-0.15, -0.1) is 0 Å². The van der Waals surface area contributed by atoms with E-state index in [2.05, 4.69) is 4.85 Å². The van der Waals surface area contributed by atoms with Gasteiger partial charge in [-0.2, -0.15) is 11.3 Å². The molecule has 2 aromatic heterocycles. The number of Topliss-reactive ketones (excluding diaryl/α,β-unsaturated/α-hetero) is 1. The fourth-order valence-corrected chi connectivity index (χ4v) is 7.59. The molecule has 1 aliphatic carbocycles. The zero-order valence-corrected chi connectivity index (χ0v) is 22.8. The number of halogens is 1. The van der Waals surface area contributed by atoms with Gasteiger partial charge in [-0.1, -0.05) is 54.1 Å². The summed E-state index contributed by atoms with van der Waals surface area (Å²) >= 11 is 7.37. The lowest BCUT2D eigenvalue weighted by molar-refractivity contribution is -0.123. The summed E-state index contributed by atoms with van der Waals surface area (Å²) in [4.78, 5) is 15.9. The van der Waals surface area contributed by atoms with E-state index < -0.39 is 16.6 Å². The number of fused-ring (bicyclic) bond motifs is 1. The van der Waals surface area contributed by atoms with Crippen molar-refractivity contribution in [1.82, 2.24) is 3.97 Å². The molecule has 2 heterocycles. The van der Waals surface area contributed by atoms with Crippen molar-refractivity contribution in [3.05, 3.63) is 106 Å². The monoisotopic (exact) mass is 572 g/mol. The van der Waals surface area contributed by atoms with Crippen LogP contribution in [0.25, 0.3) is 38.1 Å². The fourth-order valence-electron chi connectivity index (χ4n) is 5.24. The Morgan fingerprint density at radius 2 is 1.85 bits per heavy atom. The van der Waals surface area contributed by atoms with E-state index in [4.69, 9.17) is 18.2 Å². The lowest BCUT2D eigenvalue weighted by Gasteiger charge is -2.15. The Balaban J connectivity index is 1.67. The molecule has 6 rings (SSSR count). The number of benzene rings is 3. The lowest BCUT2D eigenvalue weighted by Crippen LogP contribution is -2.14. The molecule has 0 bridgehead atoms. The molecule has 5 aromatic rings. The molecule has 9 heteroatoms. The van der Waals surface area contributed by atoms with Crippen molar-refractivity contribution in [3.8, 4) is 22.4 Å². The average Bonchev–Trinajstić information content (AvgIpc) is 3.48. The Morgan fingerprint density at radius 3 is 2.59 bits per heavy atom. The highest BCUT2D eigenvalue weighted by atomic mass is 35.5. The number of rotatable bonds is 7. The maximum atomic E-state index is 14.3. The van der Waals surface area contributed by atoms with Gasteiger partial charge in [0.25, 0.3) is 10.0 Å². The highest BCUT2D eigenvalue weighted by Gasteiger charge is 2.43. The van der Waals surface area contributed by atoms with Gasteiger partial charge in [0.1, 0.15) is 6.61 Å². The van der Waals surface area contributed by atoms with Crippen LogP contribution in [0.15, 0.2) is 89.1 Å². The van der Waals surface area contributed by atoms with Gasteiger partial charge >= 0.3 is 0 Å². The Hall–Kier alpha value is -3.74. The quantitative estimate of drug-likeness (QED) is 0.210. The molecular weight excluding hydrogens is 552 g/mol. The van der Waals surface area contributed by atoms with E-state index in [0.29, 0.717) is 49.7 Å². The molecule has 2 atom stereocenters. The zero-order valence-electron chi connectivity index (χ0n) is 20.4. The minimum Gasteiger partial charge on any atom is -0.389 e. The standard InChI is InChI=1S/C30H21ClN2O4S2/c1-32-30-23(13-14-38-30)28-22-7-2-3-8-26(22)33(39(36,37)21-11-9-20(31)10-12-21)29(28)19-6-4-5-18(15-19)24-16-25(24)27(35)17-34/h2-15,24-25,34H,16-17H2. The highest BCUT2D eigenvalue weighted by molar-refractivity contribution is 7.90. The van der Waals surface area contributed by atoms with Crippen LogP contribution in [-0.4, -0.2) is 29.9 Å². The molecule has 1 aliphatic rings. The van der Waals surface area contributed by atoms with E-state index in [1.54, 1.807) is 24.3 Å². The summed E-state index contributed by atoms with van der Waals surface area (Å²) in [6, 6.07) is 22.7. The number of carbonyl (C=O) groups excluding carboxylic acids is 1. The number of aliphatic hydroxyl groups is 1. The first kappa shape index (κ1) is 25.5. The van der Waals surface area contributed by atoms with Crippen LogP contribution in [-0.2, 0) is 14.8 Å². The summed E-state index contributed by atoms with van der Waals surface area (Å²) in [5, 5.41) is 12.7. The Labute approximate surface area is 234 Å². The van der Waals surface area contributed by atoms with Gasteiger partial charge in [-0.05, 0) is 59.7 Å². The second-order valence-corrected chi connectivity index (χ2v) is 12.5. The molecule has 0 spiro atoms. The van der Waals surface area contributed by atoms with Gasteiger partial charge in [0.2, 0.25) is 5.00 Å². The van der Waals surface area contributed by atoms with Crippen LogP contribution in [0.1, 0.15) is 17.9 Å². The predicted molar refractivity (Wildman–Crippen MR) is 154 cm³/mol. The molecule has 2 unspecified atom stereocenters. The molecular formula is C30H21ClN2O4S2. The number of hydrogen-bond donors (Lipinski definition) is 1. The zero-order chi connectivity index (χ0) is 27.3. The van der Waals surface area contributed by atoms with E-state index in [1.165, 1.54) is 27.4 Å². The predicted octanol–water partition coefficient (Wildman–Crippen LogP) is 7.14. The van der Waals surface area contributed by atoms with Crippen LogP contribution in [0.5, 0.6) is 0 Å². The van der Waals surface area contributed by atoms with Crippen LogP contribution >= 0.6 is 22.9 Å². The normalized spacial score (nSPS) is 16.7. The van der Waals surface area contributed by atoms with Gasteiger partial charge in [0.05, 0.1) is 22.7 Å². The SMILES string of the molecule is [C-]#[N+]c1sccc1-c1c(-c2cccc(C3CC3C(=O)CO)c2)n(S(=O)(=O)c2ccc(Cl)cc2)c2ccccc12. The number of para-hydroxylation sites is 1. The summed E-state index contributed by atoms with van der Waals surface area (Å²) in [6.45, 7) is 7.25. The number of nitrogens with zero attached hydrogens (tertiary/aromatic N) is 2. The summed E-state index contributed by atoms with van der Waals surface area (Å²) < 4.78 is 29.9. The smallest absolute Gasteiger partial charge is 0.268 e. The van der Waals surface area contributed by atoms with Crippen molar-refractivity contribution in [2.45, 2.75) is 17.2 Å². The van der Waals surface area contributed by atoms with Crippen molar-refractivity contribution in [2.75, 3.05) is 6.61 Å². The average molecular weight is 573 g/mol. The first-order chi connectivity index (χ1) is 18.8. The first-order valence-corrected chi connectivity index (χ1v) is 14.9. The van der Waals surface area contributed by atoms with Crippen molar-refractivity contribution >= 4 is 54.6 Å². The van der Waals surface area contributed by atoms with Crippen LogP contribution in [0.2, 0.25) is 5.02 Å². The topological polar surface area (TPSA) is 80.7 Å². The Morgan fingerprint density at radius 1 is 1.08 bits per heavy atom. The fraction of sp³-hybridized carbons (Fsp3) is 0.133. The van der Waals surface area contributed by atoms with Crippen LogP contribution < -0.4 is 0 Å². The van der Waals surface area contributed by atoms with Crippen LogP contribution in [0.4, 0.5) is 5.00 Å². The summed E-state index contributed by atoms with van der Waals surface area (Å²) in [7, 11) is -4.10. The minimum atomic E-state index is -4.10. The Bertz CT molecular complexity index is 1900. The minimum absolute atomic E-state index is 0.0290. The van der Waals surface area contributed by atoms with Gasteiger partial charge in [0.15, 0.2) is 5.78 Å². The third-order valence-corrected chi connectivity index (χ3v) is 9.93. The first-order valence-electron chi connectivity index (χ1n) is 12.2. The molecule has 3 aromatic carbocycles. The largest absolute Gasteiger partial charge is 0.389 e. The van der Waals surface area contributed by atoms with Gasteiger partial charge in [0, 0.05) is 33.0 Å². The summed E-state index contributed by atoms with van der Waals surface area (Å²) in [5.74, 6) is -0.455. The number of ketones is 1. The molecule has 1 fully saturated rings. The molecule has 1 N–H and O–H groups in total. The molecule has 0 aliphatic heterocycles. The van der Waals surface area contributed by atoms with E-state index in [0.717, 1.165) is 5.56 Å².